The van der Waals surface area contributed by atoms with Gasteiger partial charge in [-0.25, -0.2) is 0 Å². The van der Waals surface area contributed by atoms with Crippen LogP contribution in [0.25, 0.3) is 0 Å². The Morgan fingerprint density at radius 2 is 1.69 bits per heavy atom. The maximum atomic E-state index is 10.6. The van der Waals surface area contributed by atoms with Gasteiger partial charge in [0.2, 0.25) is 0 Å². The van der Waals surface area contributed by atoms with Crippen molar-refractivity contribution in [3.63, 3.8) is 0 Å². The number of rotatable bonds is 9. The van der Waals surface area contributed by atoms with Gasteiger partial charge >= 0.3 is 0 Å². The Kier molecular flexibility index (Phi) is 7.81. The van der Waals surface area contributed by atoms with E-state index in [9.17, 15) is 10.2 Å². The van der Waals surface area contributed by atoms with Crippen molar-refractivity contribution in [2.24, 2.45) is 5.92 Å². The van der Waals surface area contributed by atoms with Crippen LogP contribution in [0.4, 0.5) is 0 Å². The number of aromatic hydroxyl groups is 2. The van der Waals surface area contributed by atoms with E-state index in [0.29, 0.717) is 11.5 Å². The molecule has 0 spiro atoms. The lowest BCUT2D eigenvalue weighted by atomic mass is 9.76. The molecule has 2 heteroatoms. The fraction of sp³-hybridized carbons (Fsp3) is 0.583. The molecule has 2 unspecified atom stereocenters. The second-order valence-corrected chi connectivity index (χ2v) is 8.17. The van der Waals surface area contributed by atoms with Crippen molar-refractivity contribution in [3.05, 3.63) is 47.1 Å². The molecule has 0 fully saturated rings. The number of allylic oxidation sites excluding steroid dienone is 3. The number of phenols is 2. The zero-order chi connectivity index (χ0) is 19.1. The molecule has 2 rings (SSSR count). The Labute approximate surface area is 159 Å². The van der Waals surface area contributed by atoms with E-state index in [2.05, 4.69) is 33.4 Å². The van der Waals surface area contributed by atoms with Crippen molar-refractivity contribution in [2.75, 3.05) is 0 Å². The Balaban J connectivity index is 2.04. The van der Waals surface area contributed by atoms with Crippen molar-refractivity contribution < 1.29 is 10.2 Å². The van der Waals surface area contributed by atoms with Crippen LogP contribution in [0.15, 0.2) is 35.9 Å². The molecule has 0 aliphatic heterocycles. The van der Waals surface area contributed by atoms with Gasteiger partial charge in [-0.2, -0.15) is 0 Å². The molecule has 0 bridgehead atoms. The maximum absolute atomic E-state index is 10.6. The van der Waals surface area contributed by atoms with Crippen molar-refractivity contribution in [1.29, 1.82) is 0 Å². The van der Waals surface area contributed by atoms with E-state index in [-0.39, 0.29) is 17.4 Å². The van der Waals surface area contributed by atoms with Crippen molar-refractivity contribution in [2.45, 2.75) is 84.5 Å². The van der Waals surface area contributed by atoms with Gasteiger partial charge in [-0.3, -0.25) is 0 Å². The summed E-state index contributed by atoms with van der Waals surface area (Å²) in [5, 5.41) is 21.2. The van der Waals surface area contributed by atoms with Gasteiger partial charge in [0.15, 0.2) is 0 Å². The molecule has 0 heterocycles. The lowest BCUT2D eigenvalue weighted by Gasteiger charge is -2.29. The molecule has 1 aromatic carbocycles. The number of hydrogen-bond donors (Lipinski definition) is 2. The number of phenolic OH excluding ortho intramolecular Hbond substituents is 2. The normalized spacial score (nSPS) is 20.0. The Morgan fingerprint density at radius 1 is 1.08 bits per heavy atom. The molecule has 0 radical (unpaired) electrons. The molecule has 2 atom stereocenters. The van der Waals surface area contributed by atoms with E-state index in [1.165, 1.54) is 43.3 Å². The summed E-state index contributed by atoms with van der Waals surface area (Å²) in [6.45, 7) is 10.5. The quantitative estimate of drug-likeness (QED) is 0.369. The minimum atomic E-state index is 0.0635. The van der Waals surface area contributed by atoms with E-state index >= 15 is 0 Å². The number of hydrogen-bond acceptors (Lipinski definition) is 2. The molecule has 0 amide bonds. The molecule has 1 aliphatic rings. The predicted octanol–water partition coefficient (Wildman–Crippen LogP) is 7.02. The van der Waals surface area contributed by atoms with E-state index in [0.717, 1.165) is 31.2 Å². The molecular weight excluding hydrogens is 320 g/mol. The van der Waals surface area contributed by atoms with Crippen LogP contribution in [0.3, 0.4) is 0 Å². The molecule has 0 saturated carbocycles. The molecule has 2 N–H and O–H groups in total. The summed E-state index contributed by atoms with van der Waals surface area (Å²) in [5.74, 6) is 0.963. The van der Waals surface area contributed by atoms with Gasteiger partial charge in [-0.15, -0.1) is 0 Å². The highest BCUT2D eigenvalue weighted by Gasteiger charge is 2.26. The van der Waals surface area contributed by atoms with Crippen LogP contribution in [0.5, 0.6) is 11.5 Å². The SMILES string of the molecule is C=C(C)C1CC(C)=CC(c2c(O)cc(CCCCCCCC)cc2O)C1. The van der Waals surface area contributed by atoms with Crippen LogP contribution in [-0.4, -0.2) is 10.2 Å². The van der Waals surface area contributed by atoms with Crippen molar-refractivity contribution in [3.8, 4) is 11.5 Å². The molecular formula is C24H36O2. The summed E-state index contributed by atoms with van der Waals surface area (Å²) in [5.41, 5.74) is 4.21. The van der Waals surface area contributed by atoms with Crippen molar-refractivity contribution >= 4 is 0 Å². The van der Waals surface area contributed by atoms with E-state index < -0.39 is 0 Å². The van der Waals surface area contributed by atoms with Crippen LogP contribution in [0.1, 0.15) is 89.2 Å². The zero-order valence-electron chi connectivity index (χ0n) is 16.9. The predicted molar refractivity (Wildman–Crippen MR) is 111 cm³/mol. The van der Waals surface area contributed by atoms with Gasteiger partial charge in [0.05, 0.1) is 0 Å². The third kappa shape index (κ3) is 5.65. The average molecular weight is 357 g/mol. The lowest BCUT2D eigenvalue weighted by molar-refractivity contribution is 0.415. The summed E-state index contributed by atoms with van der Waals surface area (Å²) in [6, 6.07) is 3.71. The minimum Gasteiger partial charge on any atom is -0.507 e. The first-order chi connectivity index (χ1) is 12.4. The largest absolute Gasteiger partial charge is 0.507 e. The average Bonchev–Trinajstić information content (AvgIpc) is 2.57. The monoisotopic (exact) mass is 356 g/mol. The van der Waals surface area contributed by atoms with Crippen molar-refractivity contribution in [1.82, 2.24) is 0 Å². The molecule has 0 saturated heterocycles. The number of unbranched alkanes of at least 4 members (excludes halogenated alkanes) is 5. The fourth-order valence-electron chi connectivity index (χ4n) is 4.15. The highest BCUT2D eigenvalue weighted by atomic mass is 16.3. The van der Waals surface area contributed by atoms with E-state index in [4.69, 9.17) is 0 Å². The first-order valence-corrected chi connectivity index (χ1v) is 10.3. The first-order valence-electron chi connectivity index (χ1n) is 10.3. The van der Waals surface area contributed by atoms with E-state index in [1.54, 1.807) is 0 Å². The molecule has 0 aromatic heterocycles. The van der Waals surface area contributed by atoms with Gasteiger partial charge in [-0.1, -0.05) is 62.8 Å². The van der Waals surface area contributed by atoms with Gasteiger partial charge in [0, 0.05) is 11.5 Å². The molecule has 144 valence electrons. The number of benzene rings is 1. The lowest BCUT2D eigenvalue weighted by Crippen LogP contribution is -2.13. The smallest absolute Gasteiger partial charge is 0.123 e. The highest BCUT2D eigenvalue weighted by Crippen LogP contribution is 2.44. The second-order valence-electron chi connectivity index (χ2n) is 8.17. The summed E-state index contributed by atoms with van der Waals surface area (Å²) in [7, 11) is 0. The first kappa shape index (κ1) is 20.6. The standard InChI is InChI=1S/C24H36O2/c1-5-6-7-8-9-10-11-19-14-22(25)24(23(26)15-19)21-13-18(4)12-20(16-21)17(2)3/h13-15,20-21,25-26H,2,5-12,16H2,1,3-4H3. The van der Waals surface area contributed by atoms with Gasteiger partial charge < -0.3 is 10.2 Å². The summed E-state index contributed by atoms with van der Waals surface area (Å²) < 4.78 is 0. The molecule has 26 heavy (non-hydrogen) atoms. The Morgan fingerprint density at radius 3 is 2.31 bits per heavy atom. The molecule has 1 aliphatic carbocycles. The summed E-state index contributed by atoms with van der Waals surface area (Å²) >= 11 is 0. The highest BCUT2D eigenvalue weighted by molar-refractivity contribution is 5.51. The van der Waals surface area contributed by atoms with Crippen LogP contribution in [-0.2, 0) is 6.42 Å². The van der Waals surface area contributed by atoms with Crippen LogP contribution < -0.4 is 0 Å². The van der Waals surface area contributed by atoms with Gasteiger partial charge in [0.1, 0.15) is 11.5 Å². The molecule has 1 aromatic rings. The third-order valence-electron chi connectivity index (χ3n) is 5.68. The molecule has 2 nitrogen and oxygen atoms in total. The fourth-order valence-corrected chi connectivity index (χ4v) is 4.15. The Hall–Kier alpha value is -1.70. The Bertz CT molecular complexity index is 619. The van der Waals surface area contributed by atoms with Gasteiger partial charge in [0.25, 0.3) is 0 Å². The van der Waals surface area contributed by atoms with Gasteiger partial charge in [-0.05, 0) is 63.1 Å². The minimum absolute atomic E-state index is 0.0635. The second kappa shape index (κ2) is 9.85. The maximum Gasteiger partial charge on any atom is 0.123 e. The van der Waals surface area contributed by atoms with Crippen LogP contribution in [0, 0.1) is 5.92 Å². The van der Waals surface area contributed by atoms with Crippen LogP contribution in [0.2, 0.25) is 0 Å². The van der Waals surface area contributed by atoms with Crippen LogP contribution >= 0.6 is 0 Å². The number of aryl methyl sites for hydroxylation is 1. The summed E-state index contributed by atoms with van der Waals surface area (Å²) in [4.78, 5) is 0. The topological polar surface area (TPSA) is 40.5 Å². The third-order valence-corrected chi connectivity index (χ3v) is 5.68. The van der Waals surface area contributed by atoms with E-state index in [1.807, 2.05) is 12.1 Å². The zero-order valence-corrected chi connectivity index (χ0v) is 16.9. The summed E-state index contributed by atoms with van der Waals surface area (Å²) in [6.07, 6.45) is 12.6.